The molecule has 0 bridgehead atoms. The maximum absolute atomic E-state index is 5.69. The van der Waals surface area contributed by atoms with Gasteiger partial charge < -0.3 is 10.2 Å². The fraction of sp³-hybridized carbons (Fsp3) is 0.167. The van der Waals surface area contributed by atoms with E-state index in [9.17, 15) is 0 Å². The molecule has 0 fully saturated rings. The molecule has 0 aliphatic heterocycles. The molecule has 4 nitrogen and oxygen atoms in total. The van der Waals surface area contributed by atoms with E-state index in [2.05, 4.69) is 28.4 Å². The van der Waals surface area contributed by atoms with Crippen LogP contribution in [0.15, 0.2) is 34.7 Å². The monoisotopic (exact) mass is 245 g/mol. The Morgan fingerprint density at radius 3 is 2.82 bits per heavy atom. The number of thiophene rings is 1. The predicted octanol–water partition coefficient (Wildman–Crippen LogP) is 2.97. The van der Waals surface area contributed by atoms with E-state index in [0.717, 1.165) is 4.88 Å². The van der Waals surface area contributed by atoms with Crippen LogP contribution in [0.1, 0.15) is 18.9 Å². The van der Waals surface area contributed by atoms with E-state index in [1.807, 2.05) is 19.1 Å². The number of hydrogen-bond acceptors (Lipinski definition) is 5. The predicted molar refractivity (Wildman–Crippen MR) is 67.7 cm³/mol. The Kier molecular flexibility index (Phi) is 2.42. The number of benzene rings is 1. The van der Waals surface area contributed by atoms with Crippen molar-refractivity contribution in [1.82, 2.24) is 10.2 Å². The van der Waals surface area contributed by atoms with Crippen molar-refractivity contribution < 1.29 is 4.42 Å². The van der Waals surface area contributed by atoms with Crippen molar-refractivity contribution in [2.75, 3.05) is 0 Å². The summed E-state index contributed by atoms with van der Waals surface area (Å²) in [7, 11) is 0. The zero-order valence-corrected chi connectivity index (χ0v) is 10.1. The average Bonchev–Trinajstić information content (AvgIpc) is 2.95. The van der Waals surface area contributed by atoms with Crippen LogP contribution in [0.25, 0.3) is 20.9 Å². The Balaban J connectivity index is 2.07. The molecule has 0 amide bonds. The Labute approximate surface area is 102 Å². The number of nitrogens with zero attached hydrogens (tertiary/aromatic N) is 2. The minimum atomic E-state index is -0.231. The maximum atomic E-state index is 5.69. The van der Waals surface area contributed by atoms with Crippen molar-refractivity contribution in [1.29, 1.82) is 0 Å². The Bertz CT molecular complexity index is 623. The van der Waals surface area contributed by atoms with Gasteiger partial charge in [-0.2, -0.15) is 0 Å². The van der Waals surface area contributed by atoms with Crippen LogP contribution in [0.4, 0.5) is 0 Å². The van der Waals surface area contributed by atoms with Gasteiger partial charge in [0.1, 0.15) is 0 Å². The molecule has 1 atom stereocenters. The second kappa shape index (κ2) is 3.94. The van der Waals surface area contributed by atoms with Crippen LogP contribution < -0.4 is 5.73 Å². The van der Waals surface area contributed by atoms with Gasteiger partial charge in [-0.15, -0.1) is 21.5 Å². The highest BCUT2D eigenvalue weighted by atomic mass is 32.1. The molecule has 2 N–H and O–H groups in total. The van der Waals surface area contributed by atoms with Crippen LogP contribution in [-0.4, -0.2) is 10.2 Å². The van der Waals surface area contributed by atoms with Crippen LogP contribution >= 0.6 is 11.3 Å². The van der Waals surface area contributed by atoms with E-state index in [0.29, 0.717) is 11.8 Å². The highest BCUT2D eigenvalue weighted by molar-refractivity contribution is 7.22. The molecule has 86 valence electrons. The van der Waals surface area contributed by atoms with Gasteiger partial charge in [-0.25, -0.2) is 0 Å². The van der Waals surface area contributed by atoms with Crippen LogP contribution in [-0.2, 0) is 0 Å². The summed E-state index contributed by atoms with van der Waals surface area (Å²) in [6.45, 7) is 1.82. The minimum absolute atomic E-state index is 0.231. The third kappa shape index (κ3) is 1.83. The average molecular weight is 245 g/mol. The number of rotatable bonds is 2. The summed E-state index contributed by atoms with van der Waals surface area (Å²) in [5.74, 6) is 1.01. The molecule has 2 aromatic heterocycles. The molecule has 0 saturated heterocycles. The highest BCUT2D eigenvalue weighted by Gasteiger charge is 2.13. The van der Waals surface area contributed by atoms with Gasteiger partial charge in [0, 0.05) is 4.70 Å². The molecule has 2 heterocycles. The number of hydrogen-bond donors (Lipinski definition) is 1. The summed E-state index contributed by atoms with van der Waals surface area (Å²) in [6.07, 6.45) is 0. The van der Waals surface area contributed by atoms with Gasteiger partial charge in [0.05, 0.1) is 10.9 Å². The lowest BCUT2D eigenvalue weighted by molar-refractivity contribution is 0.474. The molecule has 3 rings (SSSR count). The van der Waals surface area contributed by atoms with Gasteiger partial charge in [0.2, 0.25) is 5.89 Å². The topological polar surface area (TPSA) is 64.9 Å². The van der Waals surface area contributed by atoms with Crippen LogP contribution in [0.2, 0.25) is 0 Å². The quantitative estimate of drug-likeness (QED) is 0.753. The molecular weight excluding hydrogens is 234 g/mol. The molecule has 1 unspecified atom stereocenters. The molecule has 0 aliphatic carbocycles. The zero-order valence-electron chi connectivity index (χ0n) is 9.25. The van der Waals surface area contributed by atoms with Crippen LogP contribution in [0.5, 0.6) is 0 Å². The maximum Gasteiger partial charge on any atom is 0.257 e. The molecule has 17 heavy (non-hydrogen) atoms. The summed E-state index contributed by atoms with van der Waals surface area (Å²) in [5.41, 5.74) is 5.69. The fourth-order valence-electron chi connectivity index (χ4n) is 1.61. The van der Waals surface area contributed by atoms with Gasteiger partial charge >= 0.3 is 0 Å². The number of nitrogens with two attached hydrogens (primary N) is 1. The smallest absolute Gasteiger partial charge is 0.257 e. The first-order valence-corrected chi connectivity index (χ1v) is 6.13. The summed E-state index contributed by atoms with van der Waals surface area (Å²) < 4.78 is 6.74. The van der Waals surface area contributed by atoms with Crippen molar-refractivity contribution in [3.8, 4) is 10.8 Å². The van der Waals surface area contributed by atoms with E-state index in [1.165, 1.54) is 10.1 Å². The minimum Gasteiger partial charge on any atom is -0.418 e. The van der Waals surface area contributed by atoms with Crippen LogP contribution in [0.3, 0.4) is 0 Å². The molecule has 5 heteroatoms. The van der Waals surface area contributed by atoms with Crippen molar-refractivity contribution in [3.63, 3.8) is 0 Å². The number of fused-ring (bicyclic) bond motifs is 1. The van der Waals surface area contributed by atoms with E-state index in [-0.39, 0.29) is 6.04 Å². The van der Waals surface area contributed by atoms with E-state index >= 15 is 0 Å². The van der Waals surface area contributed by atoms with Crippen molar-refractivity contribution in [2.45, 2.75) is 13.0 Å². The standard InChI is InChI=1S/C12H11N3OS/c1-7(13)11-14-15-12(16-11)10-6-8-4-2-3-5-9(8)17-10/h2-7H,13H2,1H3. The third-order valence-electron chi connectivity index (χ3n) is 2.47. The lowest BCUT2D eigenvalue weighted by atomic mass is 10.2. The lowest BCUT2D eigenvalue weighted by Crippen LogP contribution is -2.04. The SMILES string of the molecule is CC(N)c1nnc(-c2cc3ccccc3s2)o1. The van der Waals surface area contributed by atoms with Gasteiger partial charge in [0.25, 0.3) is 5.89 Å². The van der Waals surface area contributed by atoms with E-state index in [1.54, 1.807) is 11.3 Å². The van der Waals surface area contributed by atoms with Gasteiger partial charge in [-0.3, -0.25) is 0 Å². The molecule has 0 radical (unpaired) electrons. The second-order valence-electron chi connectivity index (χ2n) is 3.88. The highest BCUT2D eigenvalue weighted by Crippen LogP contribution is 2.32. The first-order valence-electron chi connectivity index (χ1n) is 5.32. The largest absolute Gasteiger partial charge is 0.418 e. The van der Waals surface area contributed by atoms with E-state index in [4.69, 9.17) is 10.2 Å². The molecule has 0 spiro atoms. The zero-order chi connectivity index (χ0) is 11.8. The van der Waals surface area contributed by atoms with E-state index < -0.39 is 0 Å². The summed E-state index contributed by atoms with van der Waals surface area (Å²) in [4.78, 5) is 0.977. The van der Waals surface area contributed by atoms with Gasteiger partial charge in [-0.05, 0) is 24.4 Å². The summed E-state index contributed by atoms with van der Waals surface area (Å²) in [6, 6.07) is 10.00. The summed E-state index contributed by atoms with van der Waals surface area (Å²) >= 11 is 1.64. The molecular formula is C12H11N3OS. The first-order chi connectivity index (χ1) is 8.24. The Morgan fingerprint density at radius 2 is 2.12 bits per heavy atom. The summed E-state index contributed by atoms with van der Waals surface area (Å²) in [5, 5.41) is 9.13. The van der Waals surface area contributed by atoms with Gasteiger partial charge in [-0.1, -0.05) is 18.2 Å². The first kappa shape index (κ1) is 10.4. The van der Waals surface area contributed by atoms with Crippen LogP contribution in [0, 0.1) is 0 Å². The molecule has 3 aromatic rings. The van der Waals surface area contributed by atoms with Crippen molar-refractivity contribution in [3.05, 3.63) is 36.2 Å². The van der Waals surface area contributed by atoms with Crippen molar-refractivity contribution in [2.24, 2.45) is 5.73 Å². The fourth-order valence-corrected chi connectivity index (χ4v) is 2.59. The van der Waals surface area contributed by atoms with Crippen molar-refractivity contribution >= 4 is 21.4 Å². The number of aromatic nitrogens is 2. The normalized spacial score (nSPS) is 13.1. The molecule has 0 saturated carbocycles. The second-order valence-corrected chi connectivity index (χ2v) is 4.97. The molecule has 0 aliphatic rings. The van der Waals surface area contributed by atoms with Gasteiger partial charge in [0.15, 0.2) is 0 Å². The third-order valence-corrected chi connectivity index (χ3v) is 3.57. The lowest BCUT2D eigenvalue weighted by Gasteiger charge is -1.93. The molecule has 1 aromatic carbocycles. The Morgan fingerprint density at radius 1 is 1.29 bits per heavy atom. The Hall–Kier alpha value is -1.72.